The number of nitrogens with two attached hydrogens (primary N) is 1. The molecule has 0 aliphatic carbocycles. The van der Waals surface area contributed by atoms with Gasteiger partial charge in [0.1, 0.15) is 0 Å². The highest BCUT2D eigenvalue weighted by molar-refractivity contribution is 5.85. The lowest BCUT2D eigenvalue weighted by atomic mass is 10.1. The first-order valence-electron chi connectivity index (χ1n) is 5.74. The lowest BCUT2D eigenvalue weighted by Crippen LogP contribution is -2.28. The molecule has 0 saturated carbocycles. The molecule has 3 N–H and O–H groups in total. The Labute approximate surface area is 109 Å². The third kappa shape index (κ3) is 6.97. The van der Waals surface area contributed by atoms with Gasteiger partial charge in [-0.05, 0) is 25.3 Å². The number of amides is 1. The van der Waals surface area contributed by atoms with Crippen LogP contribution in [-0.2, 0) is 11.2 Å². The molecule has 0 spiro atoms. The third-order valence-corrected chi connectivity index (χ3v) is 2.46. The Balaban J connectivity index is 0.00000256. The van der Waals surface area contributed by atoms with Crippen LogP contribution in [0.3, 0.4) is 0 Å². The number of nitrogens with one attached hydrogen (secondary N) is 1. The minimum Gasteiger partial charge on any atom is -0.355 e. The maximum Gasteiger partial charge on any atom is 0.220 e. The topological polar surface area (TPSA) is 55.1 Å². The Morgan fingerprint density at radius 1 is 1.29 bits per heavy atom. The predicted molar refractivity (Wildman–Crippen MR) is 73.4 cm³/mol. The predicted octanol–water partition coefficient (Wildman–Crippen LogP) is 1.81. The van der Waals surface area contributed by atoms with Crippen LogP contribution in [0.2, 0.25) is 0 Å². The number of hydrogen-bond acceptors (Lipinski definition) is 2. The lowest BCUT2D eigenvalue weighted by molar-refractivity contribution is -0.121. The van der Waals surface area contributed by atoms with Crippen molar-refractivity contribution in [1.29, 1.82) is 0 Å². The van der Waals surface area contributed by atoms with Crippen molar-refractivity contribution in [1.82, 2.24) is 5.32 Å². The minimum atomic E-state index is 0. The summed E-state index contributed by atoms with van der Waals surface area (Å²) in [5, 5.41) is 2.76. The zero-order valence-electron chi connectivity index (χ0n) is 10.2. The summed E-state index contributed by atoms with van der Waals surface area (Å²) < 4.78 is 0. The minimum absolute atomic E-state index is 0. The van der Waals surface area contributed by atoms with Crippen LogP contribution in [0.4, 0.5) is 0 Å². The molecule has 0 saturated heterocycles. The third-order valence-electron chi connectivity index (χ3n) is 2.46. The number of hydrogen-bond donors (Lipinski definition) is 2. The maximum atomic E-state index is 11.3. The average molecular weight is 257 g/mol. The average Bonchev–Trinajstić information content (AvgIpc) is 2.29. The van der Waals surface area contributed by atoms with Gasteiger partial charge in [0.15, 0.2) is 0 Å². The van der Waals surface area contributed by atoms with Gasteiger partial charge in [-0.3, -0.25) is 4.79 Å². The van der Waals surface area contributed by atoms with Crippen molar-refractivity contribution in [2.24, 2.45) is 5.73 Å². The largest absolute Gasteiger partial charge is 0.355 e. The summed E-state index contributed by atoms with van der Waals surface area (Å²) in [6.45, 7) is 3.15. The fraction of sp³-hybridized carbons (Fsp3) is 0.462. The van der Waals surface area contributed by atoms with Crippen molar-refractivity contribution < 1.29 is 4.79 Å². The Hall–Kier alpha value is -1.06. The highest BCUT2D eigenvalue weighted by Crippen LogP contribution is 2.06. The van der Waals surface area contributed by atoms with E-state index in [0.717, 1.165) is 12.8 Å². The van der Waals surface area contributed by atoms with Gasteiger partial charge in [0.25, 0.3) is 0 Å². The zero-order chi connectivity index (χ0) is 11.8. The molecule has 3 nitrogen and oxygen atoms in total. The summed E-state index contributed by atoms with van der Waals surface area (Å²) in [5.74, 6) is 0.0950. The normalized spacial score (nSPS) is 9.53. The summed E-state index contributed by atoms with van der Waals surface area (Å²) in [7, 11) is 0. The summed E-state index contributed by atoms with van der Waals surface area (Å²) in [6, 6.07) is 8.44. The first kappa shape index (κ1) is 15.9. The van der Waals surface area contributed by atoms with Crippen LogP contribution in [0.25, 0.3) is 0 Å². The number of aryl methyl sites for hydroxylation is 2. The van der Waals surface area contributed by atoms with Crippen molar-refractivity contribution in [2.75, 3.05) is 13.1 Å². The molecule has 0 heterocycles. The van der Waals surface area contributed by atoms with E-state index in [1.54, 1.807) is 0 Å². The van der Waals surface area contributed by atoms with Crippen molar-refractivity contribution in [3.05, 3.63) is 35.4 Å². The van der Waals surface area contributed by atoms with Gasteiger partial charge in [-0.15, -0.1) is 12.4 Å². The Morgan fingerprint density at radius 2 is 1.94 bits per heavy atom. The van der Waals surface area contributed by atoms with Gasteiger partial charge in [-0.1, -0.05) is 29.8 Å². The SMILES string of the molecule is Cc1ccc(CCCC(=O)NCCN)cc1.Cl. The molecule has 0 atom stereocenters. The fourth-order valence-electron chi connectivity index (χ4n) is 1.51. The van der Waals surface area contributed by atoms with Crippen molar-refractivity contribution in [2.45, 2.75) is 26.2 Å². The summed E-state index contributed by atoms with van der Waals surface area (Å²) >= 11 is 0. The molecule has 96 valence electrons. The molecule has 0 bridgehead atoms. The van der Waals surface area contributed by atoms with Crippen LogP contribution in [0, 0.1) is 6.92 Å². The molecule has 0 unspecified atom stereocenters. The molecule has 0 radical (unpaired) electrons. The second-order valence-corrected chi connectivity index (χ2v) is 3.98. The molecule has 1 rings (SSSR count). The van der Waals surface area contributed by atoms with Gasteiger partial charge in [-0.25, -0.2) is 0 Å². The highest BCUT2D eigenvalue weighted by Gasteiger charge is 2.00. The van der Waals surface area contributed by atoms with Crippen LogP contribution >= 0.6 is 12.4 Å². The van der Waals surface area contributed by atoms with Gasteiger partial charge in [-0.2, -0.15) is 0 Å². The van der Waals surface area contributed by atoms with Crippen molar-refractivity contribution in [3.63, 3.8) is 0 Å². The fourth-order valence-corrected chi connectivity index (χ4v) is 1.51. The molecule has 0 aliphatic rings. The van der Waals surface area contributed by atoms with Gasteiger partial charge < -0.3 is 11.1 Å². The standard InChI is InChI=1S/C13H20N2O.ClH/c1-11-5-7-12(8-6-11)3-2-4-13(16)15-10-9-14;/h5-8H,2-4,9-10,14H2,1H3,(H,15,16);1H. The molecule has 0 aromatic heterocycles. The van der Waals surface area contributed by atoms with E-state index in [-0.39, 0.29) is 18.3 Å². The second kappa shape index (κ2) is 9.02. The lowest BCUT2D eigenvalue weighted by Gasteiger charge is -2.04. The monoisotopic (exact) mass is 256 g/mol. The first-order chi connectivity index (χ1) is 7.72. The van der Waals surface area contributed by atoms with Gasteiger partial charge in [0, 0.05) is 19.5 Å². The van der Waals surface area contributed by atoms with Gasteiger partial charge >= 0.3 is 0 Å². The van der Waals surface area contributed by atoms with Crippen LogP contribution in [0.1, 0.15) is 24.0 Å². The Morgan fingerprint density at radius 3 is 2.53 bits per heavy atom. The van der Waals surface area contributed by atoms with Crippen molar-refractivity contribution in [3.8, 4) is 0 Å². The molecule has 0 aliphatic heterocycles. The second-order valence-electron chi connectivity index (χ2n) is 3.98. The quantitative estimate of drug-likeness (QED) is 0.816. The number of carbonyl (C=O) groups is 1. The molecular weight excluding hydrogens is 236 g/mol. The smallest absolute Gasteiger partial charge is 0.220 e. The molecule has 1 aromatic carbocycles. The van der Waals surface area contributed by atoms with E-state index in [1.807, 2.05) is 0 Å². The summed E-state index contributed by atoms with van der Waals surface area (Å²) in [4.78, 5) is 11.3. The number of halogens is 1. The van der Waals surface area contributed by atoms with Crippen LogP contribution in [0.5, 0.6) is 0 Å². The van der Waals surface area contributed by atoms with E-state index in [0.29, 0.717) is 19.5 Å². The van der Waals surface area contributed by atoms with E-state index >= 15 is 0 Å². The van der Waals surface area contributed by atoms with Gasteiger partial charge in [0.2, 0.25) is 5.91 Å². The molecule has 0 fully saturated rings. The maximum absolute atomic E-state index is 11.3. The van der Waals surface area contributed by atoms with E-state index in [1.165, 1.54) is 11.1 Å². The molecule has 4 heteroatoms. The number of rotatable bonds is 6. The molecule has 1 aromatic rings. The molecule has 17 heavy (non-hydrogen) atoms. The zero-order valence-corrected chi connectivity index (χ0v) is 11.1. The van der Waals surface area contributed by atoms with E-state index in [9.17, 15) is 4.79 Å². The van der Waals surface area contributed by atoms with Crippen LogP contribution < -0.4 is 11.1 Å². The first-order valence-corrected chi connectivity index (χ1v) is 5.74. The Bertz CT molecular complexity index is 325. The van der Waals surface area contributed by atoms with E-state index < -0.39 is 0 Å². The molecular formula is C13H21ClN2O. The summed E-state index contributed by atoms with van der Waals surface area (Å²) in [6.07, 6.45) is 2.42. The molecule has 1 amide bonds. The van der Waals surface area contributed by atoms with Crippen LogP contribution in [-0.4, -0.2) is 19.0 Å². The van der Waals surface area contributed by atoms with E-state index in [4.69, 9.17) is 5.73 Å². The Kier molecular flexibility index (Phi) is 8.46. The highest BCUT2D eigenvalue weighted by atomic mass is 35.5. The number of carbonyl (C=O) groups excluding carboxylic acids is 1. The van der Waals surface area contributed by atoms with Gasteiger partial charge in [0.05, 0.1) is 0 Å². The van der Waals surface area contributed by atoms with E-state index in [2.05, 4.69) is 36.5 Å². The van der Waals surface area contributed by atoms with Crippen molar-refractivity contribution >= 4 is 18.3 Å². The summed E-state index contributed by atoms with van der Waals surface area (Å²) in [5.41, 5.74) is 7.85. The number of benzene rings is 1. The van der Waals surface area contributed by atoms with Crippen LogP contribution in [0.15, 0.2) is 24.3 Å².